The fourth-order valence-electron chi connectivity index (χ4n) is 0.772. The van der Waals surface area contributed by atoms with Crippen LogP contribution in [0.5, 0.6) is 0 Å². The Morgan fingerprint density at radius 2 is 2.18 bits per heavy atom. The molecule has 1 saturated heterocycles. The minimum Gasteiger partial charge on any atom is -0.452 e. The van der Waals surface area contributed by atoms with E-state index in [0.29, 0.717) is 0 Å². The van der Waals surface area contributed by atoms with Gasteiger partial charge in [-0.05, 0) is 0 Å². The van der Waals surface area contributed by atoms with Crippen LogP contribution in [0.15, 0.2) is 0 Å². The van der Waals surface area contributed by atoms with E-state index in [0.717, 1.165) is 0 Å². The van der Waals surface area contributed by atoms with E-state index in [1.807, 2.05) is 0 Å². The third-order valence-electron chi connectivity index (χ3n) is 1.43. The number of aliphatic hydroxyl groups is 2. The van der Waals surface area contributed by atoms with Gasteiger partial charge in [-0.3, -0.25) is 0 Å². The predicted octanol–water partition coefficient (Wildman–Crippen LogP) is -1.10. The fourth-order valence-corrected chi connectivity index (χ4v) is 0.772. The van der Waals surface area contributed by atoms with E-state index in [1.165, 1.54) is 0 Å². The average Bonchev–Trinajstić information content (AvgIpc) is 2.14. The monoisotopic (exact) mass is 168 g/mol. The lowest BCUT2D eigenvalue weighted by molar-refractivity contribution is -0.162. The number of aliphatic hydroxyl groups excluding tert-OH is 2. The zero-order valence-corrected chi connectivity index (χ0v) is 5.33. The lowest BCUT2D eigenvalue weighted by Crippen LogP contribution is -2.38. The number of cyclic esters (lactones) is 1. The molecule has 0 aromatic carbocycles. The molecule has 0 amide bonds. The molecule has 4 nitrogen and oxygen atoms in total. The Balaban J connectivity index is 2.80. The predicted molar refractivity (Wildman–Crippen MR) is 27.9 cm³/mol. The van der Waals surface area contributed by atoms with Crippen LogP contribution in [0.2, 0.25) is 0 Å². The van der Waals surface area contributed by atoms with Crippen molar-refractivity contribution in [2.45, 2.75) is 18.1 Å². The molecule has 1 heterocycles. The molecule has 0 aromatic rings. The molecule has 1 aliphatic rings. The summed E-state index contributed by atoms with van der Waals surface area (Å²) < 4.78 is 28.6. The van der Waals surface area contributed by atoms with Gasteiger partial charge in [-0.15, -0.1) is 0 Å². The van der Waals surface area contributed by atoms with Gasteiger partial charge in [-0.2, -0.15) is 8.78 Å². The Hall–Kier alpha value is -0.750. The Bertz CT molecular complexity index is 181. The third-order valence-corrected chi connectivity index (χ3v) is 1.43. The summed E-state index contributed by atoms with van der Waals surface area (Å²) in [5.74, 6) is -5.67. The molecule has 1 aliphatic heterocycles. The summed E-state index contributed by atoms with van der Waals surface area (Å²) in [4.78, 5) is 10.2. The lowest BCUT2D eigenvalue weighted by Gasteiger charge is -2.10. The molecule has 6 heteroatoms. The maximum Gasteiger partial charge on any atom is 0.380 e. The molecular formula is C5H6F2O4. The first-order valence-corrected chi connectivity index (χ1v) is 2.88. The number of carbonyl (C=O) groups excluding carboxylic acids is 1. The molecule has 0 aromatic heterocycles. The van der Waals surface area contributed by atoms with Gasteiger partial charge in [0.15, 0.2) is 12.2 Å². The Morgan fingerprint density at radius 1 is 1.64 bits per heavy atom. The molecule has 0 spiro atoms. The number of ether oxygens (including phenoxy) is 1. The van der Waals surface area contributed by atoms with Crippen molar-refractivity contribution >= 4 is 5.97 Å². The van der Waals surface area contributed by atoms with Crippen LogP contribution in [0.25, 0.3) is 0 Å². The smallest absolute Gasteiger partial charge is 0.380 e. The van der Waals surface area contributed by atoms with E-state index in [4.69, 9.17) is 10.2 Å². The summed E-state index contributed by atoms with van der Waals surface area (Å²) in [6, 6.07) is 0. The van der Waals surface area contributed by atoms with Crippen LogP contribution in [-0.4, -0.2) is 40.9 Å². The molecule has 1 unspecified atom stereocenters. The van der Waals surface area contributed by atoms with Gasteiger partial charge < -0.3 is 14.9 Å². The average molecular weight is 168 g/mol. The SMILES string of the molecule is O=C1OC(CO)[C@@H](O)C1(F)F. The van der Waals surface area contributed by atoms with Gasteiger partial charge in [0, 0.05) is 0 Å². The molecule has 1 fully saturated rings. The number of alkyl halides is 2. The lowest BCUT2D eigenvalue weighted by atomic mass is 10.1. The van der Waals surface area contributed by atoms with Crippen LogP contribution in [0.4, 0.5) is 8.78 Å². The van der Waals surface area contributed by atoms with Gasteiger partial charge in [0.25, 0.3) is 0 Å². The number of rotatable bonds is 1. The summed E-state index contributed by atoms with van der Waals surface area (Å²) in [7, 11) is 0. The van der Waals surface area contributed by atoms with Gasteiger partial charge in [0.1, 0.15) is 0 Å². The van der Waals surface area contributed by atoms with E-state index in [9.17, 15) is 13.6 Å². The highest BCUT2D eigenvalue weighted by Crippen LogP contribution is 2.30. The highest BCUT2D eigenvalue weighted by molar-refractivity contribution is 5.81. The van der Waals surface area contributed by atoms with E-state index in [2.05, 4.69) is 4.74 Å². The molecule has 11 heavy (non-hydrogen) atoms. The van der Waals surface area contributed by atoms with Crippen molar-refractivity contribution in [2.24, 2.45) is 0 Å². The van der Waals surface area contributed by atoms with Crippen LogP contribution in [-0.2, 0) is 9.53 Å². The molecule has 2 N–H and O–H groups in total. The number of hydrogen-bond donors (Lipinski definition) is 2. The van der Waals surface area contributed by atoms with Crippen LogP contribution in [0.3, 0.4) is 0 Å². The second-order valence-corrected chi connectivity index (χ2v) is 2.19. The topological polar surface area (TPSA) is 66.8 Å². The van der Waals surface area contributed by atoms with Crippen molar-refractivity contribution in [3.63, 3.8) is 0 Å². The molecule has 0 aliphatic carbocycles. The molecule has 2 atom stereocenters. The zero-order valence-electron chi connectivity index (χ0n) is 5.33. The summed E-state index contributed by atoms with van der Waals surface area (Å²) >= 11 is 0. The van der Waals surface area contributed by atoms with E-state index >= 15 is 0 Å². The highest BCUT2D eigenvalue weighted by atomic mass is 19.3. The van der Waals surface area contributed by atoms with E-state index < -0.39 is 30.7 Å². The molecule has 1 rings (SSSR count). The summed E-state index contributed by atoms with van der Waals surface area (Å²) in [5.41, 5.74) is 0. The minimum atomic E-state index is -3.88. The number of carbonyl (C=O) groups is 1. The quantitative estimate of drug-likeness (QED) is 0.488. The first kappa shape index (κ1) is 8.35. The third kappa shape index (κ3) is 1.08. The fraction of sp³-hybridized carbons (Fsp3) is 0.800. The first-order chi connectivity index (χ1) is 5.00. The Kier molecular flexibility index (Phi) is 1.81. The summed E-state index contributed by atoms with van der Waals surface area (Å²) in [5, 5.41) is 16.9. The maximum atomic E-state index is 12.3. The van der Waals surface area contributed by atoms with Crippen LogP contribution in [0.1, 0.15) is 0 Å². The second kappa shape index (κ2) is 2.38. The normalized spacial score (nSPS) is 35.5. The van der Waals surface area contributed by atoms with Crippen LogP contribution in [0, 0.1) is 0 Å². The number of esters is 1. The molecule has 0 bridgehead atoms. The molecule has 0 saturated carbocycles. The van der Waals surface area contributed by atoms with Crippen molar-refractivity contribution in [1.29, 1.82) is 0 Å². The standard InChI is InChI=1S/C5H6F2O4/c6-5(7)3(9)2(1-8)11-4(5)10/h2-3,8-9H,1H2/t2?,3-/m1/s1. The van der Waals surface area contributed by atoms with Crippen molar-refractivity contribution < 1.29 is 28.5 Å². The van der Waals surface area contributed by atoms with Gasteiger partial charge in [-0.25, -0.2) is 4.79 Å². The van der Waals surface area contributed by atoms with Crippen LogP contribution < -0.4 is 0 Å². The minimum absolute atomic E-state index is 0.803. The van der Waals surface area contributed by atoms with E-state index in [1.54, 1.807) is 0 Å². The Labute approximate surface area is 60.4 Å². The summed E-state index contributed by atoms with van der Waals surface area (Å²) in [6.45, 7) is -0.803. The van der Waals surface area contributed by atoms with Crippen molar-refractivity contribution in [3.05, 3.63) is 0 Å². The van der Waals surface area contributed by atoms with E-state index in [-0.39, 0.29) is 0 Å². The van der Waals surface area contributed by atoms with Gasteiger partial charge in [0.2, 0.25) is 0 Å². The first-order valence-electron chi connectivity index (χ1n) is 2.88. The second-order valence-electron chi connectivity index (χ2n) is 2.19. The molecule has 64 valence electrons. The zero-order chi connectivity index (χ0) is 8.65. The van der Waals surface area contributed by atoms with Gasteiger partial charge in [-0.1, -0.05) is 0 Å². The van der Waals surface area contributed by atoms with Crippen molar-refractivity contribution in [3.8, 4) is 0 Å². The maximum absolute atomic E-state index is 12.3. The van der Waals surface area contributed by atoms with Crippen molar-refractivity contribution in [2.75, 3.05) is 6.61 Å². The van der Waals surface area contributed by atoms with Gasteiger partial charge in [0.05, 0.1) is 6.61 Å². The largest absolute Gasteiger partial charge is 0.452 e. The molecule has 0 radical (unpaired) electrons. The van der Waals surface area contributed by atoms with Crippen molar-refractivity contribution in [1.82, 2.24) is 0 Å². The number of halogens is 2. The summed E-state index contributed by atoms with van der Waals surface area (Å²) in [6.07, 6.45) is -3.74. The van der Waals surface area contributed by atoms with Gasteiger partial charge >= 0.3 is 11.9 Å². The Morgan fingerprint density at radius 3 is 2.36 bits per heavy atom. The highest BCUT2D eigenvalue weighted by Gasteiger charge is 2.59. The number of hydrogen-bond acceptors (Lipinski definition) is 4. The molecular weight excluding hydrogens is 162 g/mol. The van der Waals surface area contributed by atoms with Crippen LogP contribution >= 0.6 is 0 Å².